The number of carboxylic acid groups (broad SMARTS) is 2. The van der Waals surface area contributed by atoms with Crippen LogP contribution in [-0.4, -0.2) is 79.0 Å². The number of ether oxygens (including phenoxy) is 1. The molecule has 1 fully saturated rings. The van der Waals surface area contributed by atoms with E-state index >= 15 is 0 Å². The highest BCUT2D eigenvalue weighted by Crippen LogP contribution is 2.37. The molecule has 0 radical (unpaired) electrons. The molecular weight excluding hydrogens is 445 g/mol. The Balaban J connectivity index is 0.000000452. The lowest BCUT2D eigenvalue weighted by Crippen LogP contribution is -2.46. The summed E-state index contributed by atoms with van der Waals surface area (Å²) in [5, 5.41) is 36.8. The summed E-state index contributed by atoms with van der Waals surface area (Å²) < 4.78 is 21.4. The highest BCUT2D eigenvalue weighted by atomic mass is 31.2. The molecule has 0 bridgehead atoms. The fourth-order valence-electron chi connectivity index (χ4n) is 2.37. The van der Waals surface area contributed by atoms with Gasteiger partial charge in [0.2, 0.25) is 5.91 Å². The molecule has 1 aromatic heterocycles. The second-order valence-corrected chi connectivity index (χ2v) is 7.53. The largest absolute Gasteiger partial charge is 0.480 e. The van der Waals surface area contributed by atoms with Gasteiger partial charge in [0.1, 0.15) is 23.8 Å². The molecule has 2 heterocycles. The minimum absolute atomic E-state index is 0.0530. The number of carbonyl (C=O) groups excluding carboxylic acids is 1. The molecule has 1 amide bonds. The topological polar surface area (TPSA) is 264 Å². The average molecular weight is 468 g/mol. The monoisotopic (exact) mass is 468 g/mol. The number of nitrogens with zero attached hydrogens (tertiary/aromatic N) is 1. The van der Waals surface area contributed by atoms with Crippen molar-refractivity contribution >= 4 is 25.7 Å². The summed E-state index contributed by atoms with van der Waals surface area (Å²) in [7, 11) is -4.73. The summed E-state index contributed by atoms with van der Waals surface area (Å²) in [4.78, 5) is 48.1. The van der Waals surface area contributed by atoms with Crippen LogP contribution in [0.1, 0.15) is 23.0 Å². The Morgan fingerprint density at radius 1 is 1.23 bits per heavy atom. The molecule has 1 unspecified atom stereocenters. The maximum atomic E-state index is 10.9. The zero-order valence-electron chi connectivity index (χ0n) is 15.8. The van der Waals surface area contributed by atoms with Gasteiger partial charge in [-0.1, -0.05) is 0 Å². The number of pyridine rings is 1. The lowest BCUT2D eigenvalue weighted by atomic mass is 10.1. The van der Waals surface area contributed by atoms with Crippen LogP contribution in [0.4, 0.5) is 0 Å². The molecule has 0 spiro atoms. The van der Waals surface area contributed by atoms with Crippen LogP contribution in [0.2, 0.25) is 0 Å². The number of carboxylic acids is 2. The molecule has 174 valence electrons. The van der Waals surface area contributed by atoms with Gasteiger partial charge in [0.05, 0.1) is 13.0 Å². The van der Waals surface area contributed by atoms with Crippen molar-refractivity contribution in [2.24, 2.45) is 11.5 Å². The maximum absolute atomic E-state index is 10.9. The normalized spacial score (nSPS) is 24.0. The molecule has 5 atom stereocenters. The SMILES string of the molecule is NC(=O)CC(N)C(=O)O.O=C(O)c1ccc[n+]([C@@H]2O[C@H](COP(=O)(O)O)[C@@H](O)[C@H]2O)c1. The maximum Gasteiger partial charge on any atom is 0.469 e. The van der Waals surface area contributed by atoms with E-state index in [2.05, 4.69) is 10.3 Å². The number of aromatic carboxylic acids is 1. The fourth-order valence-corrected chi connectivity index (χ4v) is 2.71. The predicted molar refractivity (Wildman–Crippen MR) is 96.9 cm³/mol. The highest BCUT2D eigenvalue weighted by Gasteiger charge is 2.48. The molecule has 31 heavy (non-hydrogen) atoms. The molecule has 0 aliphatic carbocycles. The number of nitrogens with two attached hydrogens (primary N) is 2. The minimum atomic E-state index is -4.73. The van der Waals surface area contributed by atoms with Gasteiger partial charge in [0, 0.05) is 6.07 Å². The van der Waals surface area contributed by atoms with Gasteiger partial charge in [0.25, 0.3) is 6.23 Å². The predicted octanol–water partition coefficient (Wildman–Crippen LogP) is -3.33. The van der Waals surface area contributed by atoms with Gasteiger partial charge in [-0.2, -0.15) is 4.57 Å². The summed E-state index contributed by atoms with van der Waals surface area (Å²) >= 11 is 0. The van der Waals surface area contributed by atoms with E-state index in [1.807, 2.05) is 0 Å². The van der Waals surface area contributed by atoms with E-state index in [1.54, 1.807) is 0 Å². The first-order valence-electron chi connectivity index (χ1n) is 8.45. The number of primary amides is 1. The van der Waals surface area contributed by atoms with Crippen LogP contribution < -0.4 is 16.0 Å². The van der Waals surface area contributed by atoms with Crippen LogP contribution in [0, 0.1) is 0 Å². The number of aliphatic hydroxyl groups is 2. The van der Waals surface area contributed by atoms with E-state index < -0.39 is 62.9 Å². The summed E-state index contributed by atoms with van der Waals surface area (Å²) in [5.41, 5.74) is 9.51. The third-order valence-electron chi connectivity index (χ3n) is 3.85. The molecule has 1 aliphatic rings. The Morgan fingerprint density at radius 2 is 1.84 bits per heavy atom. The number of phosphoric ester groups is 1. The number of rotatable bonds is 8. The van der Waals surface area contributed by atoms with E-state index in [0.29, 0.717) is 0 Å². The number of hydrogen-bond acceptors (Lipinski definition) is 9. The van der Waals surface area contributed by atoms with E-state index in [1.165, 1.54) is 29.1 Å². The van der Waals surface area contributed by atoms with Gasteiger partial charge in [0.15, 0.2) is 18.5 Å². The van der Waals surface area contributed by atoms with Crippen LogP contribution in [0.25, 0.3) is 0 Å². The van der Waals surface area contributed by atoms with Crippen LogP contribution in [0.5, 0.6) is 0 Å². The smallest absolute Gasteiger partial charge is 0.469 e. The number of carbonyl (C=O) groups is 3. The van der Waals surface area contributed by atoms with Crippen molar-refractivity contribution in [3.05, 3.63) is 30.1 Å². The third kappa shape index (κ3) is 8.64. The first kappa shape index (κ1) is 26.5. The Morgan fingerprint density at radius 3 is 2.29 bits per heavy atom. The average Bonchev–Trinajstić information content (AvgIpc) is 2.94. The highest BCUT2D eigenvalue weighted by molar-refractivity contribution is 7.46. The van der Waals surface area contributed by atoms with Crippen molar-refractivity contribution in [1.82, 2.24) is 0 Å². The number of phosphoric acid groups is 1. The molecule has 15 nitrogen and oxygen atoms in total. The number of aliphatic hydroxyl groups excluding tert-OH is 2. The van der Waals surface area contributed by atoms with Crippen LogP contribution in [0.15, 0.2) is 24.5 Å². The summed E-state index contributed by atoms with van der Waals surface area (Å²) in [5.74, 6) is -3.09. The van der Waals surface area contributed by atoms with Crippen molar-refractivity contribution < 1.29 is 63.0 Å². The second-order valence-electron chi connectivity index (χ2n) is 6.29. The van der Waals surface area contributed by atoms with Crippen molar-refractivity contribution in [1.29, 1.82) is 0 Å². The van der Waals surface area contributed by atoms with E-state index in [-0.39, 0.29) is 12.0 Å². The first-order valence-corrected chi connectivity index (χ1v) is 9.98. The van der Waals surface area contributed by atoms with Crippen molar-refractivity contribution in [3.8, 4) is 0 Å². The molecule has 16 heteroatoms. The number of hydrogen-bond donors (Lipinski definition) is 8. The quantitative estimate of drug-likeness (QED) is 0.137. The molecular formula is C15H23N3O12P+. The van der Waals surface area contributed by atoms with Crippen molar-refractivity contribution in [2.75, 3.05) is 6.61 Å². The Kier molecular flexibility index (Phi) is 9.61. The molecule has 2 rings (SSSR count). The van der Waals surface area contributed by atoms with Gasteiger partial charge in [-0.3, -0.25) is 14.1 Å². The standard InChI is InChI=1S/C11H14NO9P.C4H8N2O3/c13-8-7(5-20-22(17,18)19)21-10(9(8)14)12-3-1-2-6(4-12)11(15)16;5-2(4(8)9)1-3(6)7/h1-4,7-10,13-14H,5H2,(H2-,15,16,17,18,19);2H,1,5H2,(H2,6,7)(H,8,9)/p+1/t7-,8-,9-,10-;/m1./s1. The van der Waals surface area contributed by atoms with Gasteiger partial charge in [-0.25, -0.2) is 9.36 Å². The third-order valence-corrected chi connectivity index (χ3v) is 4.33. The Hall–Kier alpha value is -2.49. The summed E-state index contributed by atoms with van der Waals surface area (Å²) in [6, 6.07) is 1.60. The van der Waals surface area contributed by atoms with E-state index in [9.17, 15) is 29.2 Å². The van der Waals surface area contributed by atoms with Crippen LogP contribution in [0.3, 0.4) is 0 Å². The van der Waals surface area contributed by atoms with Crippen LogP contribution in [-0.2, 0) is 23.4 Å². The molecule has 1 aromatic rings. The first-order chi connectivity index (χ1) is 14.2. The van der Waals surface area contributed by atoms with Crippen molar-refractivity contribution in [3.63, 3.8) is 0 Å². The number of aliphatic carboxylic acids is 1. The van der Waals surface area contributed by atoms with Gasteiger partial charge in [-0.15, -0.1) is 0 Å². The van der Waals surface area contributed by atoms with E-state index in [4.69, 9.17) is 30.5 Å². The molecule has 10 N–H and O–H groups in total. The minimum Gasteiger partial charge on any atom is -0.480 e. The Labute approximate surface area is 174 Å². The summed E-state index contributed by atoms with van der Waals surface area (Å²) in [6.45, 7) is -0.627. The van der Waals surface area contributed by atoms with Gasteiger partial charge in [-0.05, 0) is 6.07 Å². The zero-order valence-corrected chi connectivity index (χ0v) is 16.7. The lowest BCUT2D eigenvalue weighted by Gasteiger charge is -2.13. The fraction of sp³-hybridized carbons (Fsp3) is 0.467. The zero-order chi connectivity index (χ0) is 23.9. The molecule has 0 aromatic carbocycles. The van der Waals surface area contributed by atoms with Gasteiger partial charge >= 0.3 is 19.8 Å². The number of aromatic nitrogens is 1. The Bertz CT molecular complexity index is 846. The van der Waals surface area contributed by atoms with E-state index in [0.717, 1.165) is 0 Å². The van der Waals surface area contributed by atoms with Crippen molar-refractivity contribution in [2.45, 2.75) is 37.0 Å². The van der Waals surface area contributed by atoms with Crippen LogP contribution >= 0.6 is 7.82 Å². The van der Waals surface area contributed by atoms with Gasteiger partial charge < -0.3 is 46.4 Å². The summed E-state index contributed by atoms with van der Waals surface area (Å²) in [6.07, 6.45) is -2.82. The molecule has 0 saturated carbocycles. The molecule has 1 aliphatic heterocycles. The lowest BCUT2D eigenvalue weighted by molar-refractivity contribution is -0.765. The number of amides is 1. The second kappa shape index (κ2) is 11.2. The molecule has 1 saturated heterocycles.